The first-order valence-electron chi connectivity index (χ1n) is 7.16. The van der Waals surface area contributed by atoms with Crippen molar-refractivity contribution >= 4 is 5.69 Å². The van der Waals surface area contributed by atoms with Gasteiger partial charge < -0.3 is 5.32 Å². The Morgan fingerprint density at radius 1 is 1.05 bits per heavy atom. The normalized spacial score (nSPS) is 10.7. The molecule has 0 aliphatic carbocycles. The minimum Gasteiger partial charge on any atom is -0.379 e. The van der Waals surface area contributed by atoms with Crippen LogP contribution in [0.2, 0.25) is 0 Å². The first kappa shape index (κ1) is 13.4. The fourth-order valence-corrected chi connectivity index (χ4v) is 2.30. The van der Waals surface area contributed by atoms with Crippen LogP contribution in [0, 0.1) is 0 Å². The van der Waals surface area contributed by atoms with Crippen molar-refractivity contribution in [2.24, 2.45) is 0 Å². The molecule has 5 heteroatoms. The average Bonchev–Trinajstić information content (AvgIpc) is 3.17. The van der Waals surface area contributed by atoms with Gasteiger partial charge in [0.1, 0.15) is 0 Å². The maximum absolute atomic E-state index is 4.27. The maximum Gasteiger partial charge on any atom is 0.0659 e. The minimum atomic E-state index is 0.784. The van der Waals surface area contributed by atoms with Crippen LogP contribution < -0.4 is 5.32 Å². The molecule has 0 bridgehead atoms. The van der Waals surface area contributed by atoms with E-state index in [9.17, 15) is 0 Å². The largest absolute Gasteiger partial charge is 0.379 e. The van der Waals surface area contributed by atoms with Crippen molar-refractivity contribution in [3.8, 4) is 0 Å². The first-order chi connectivity index (χ1) is 10.3. The van der Waals surface area contributed by atoms with Crippen molar-refractivity contribution in [3.05, 3.63) is 66.2 Å². The van der Waals surface area contributed by atoms with Gasteiger partial charge in [-0.05, 0) is 36.8 Å². The summed E-state index contributed by atoms with van der Waals surface area (Å²) in [6.45, 7) is 4.58. The Morgan fingerprint density at radius 2 is 1.90 bits per heavy atom. The predicted octanol–water partition coefficient (Wildman–Crippen LogP) is 2.76. The Morgan fingerprint density at radius 3 is 2.62 bits per heavy atom. The molecule has 0 atom stereocenters. The molecule has 5 nitrogen and oxygen atoms in total. The van der Waals surface area contributed by atoms with Crippen molar-refractivity contribution in [3.63, 3.8) is 0 Å². The van der Waals surface area contributed by atoms with E-state index in [-0.39, 0.29) is 0 Å². The average molecular weight is 281 g/mol. The molecular formula is C16H19N5. The van der Waals surface area contributed by atoms with Crippen molar-refractivity contribution < 1.29 is 0 Å². The smallest absolute Gasteiger partial charge is 0.0659 e. The van der Waals surface area contributed by atoms with Gasteiger partial charge in [0.15, 0.2) is 0 Å². The number of benzene rings is 1. The zero-order valence-electron chi connectivity index (χ0n) is 12.1. The van der Waals surface area contributed by atoms with Gasteiger partial charge in [0.2, 0.25) is 0 Å². The zero-order chi connectivity index (χ0) is 14.5. The molecule has 1 N–H and O–H groups in total. The number of hydrogen-bond donors (Lipinski definition) is 1. The summed E-state index contributed by atoms with van der Waals surface area (Å²) in [6.07, 6.45) is 5.61. The molecule has 2 heterocycles. The molecule has 0 saturated heterocycles. The van der Waals surface area contributed by atoms with E-state index in [2.05, 4.69) is 46.7 Å². The lowest BCUT2D eigenvalue weighted by molar-refractivity contribution is 0.627. The van der Waals surface area contributed by atoms with Gasteiger partial charge in [-0.2, -0.15) is 10.2 Å². The Bertz CT molecular complexity index is 667. The van der Waals surface area contributed by atoms with Crippen LogP contribution >= 0.6 is 0 Å². The van der Waals surface area contributed by atoms with Crippen LogP contribution in [-0.2, 0) is 19.6 Å². The van der Waals surface area contributed by atoms with E-state index in [0.29, 0.717) is 0 Å². The fraction of sp³-hybridized carbons (Fsp3) is 0.250. The fourth-order valence-electron chi connectivity index (χ4n) is 2.30. The molecule has 0 radical (unpaired) electrons. The highest BCUT2D eigenvalue weighted by Gasteiger charge is 2.01. The number of aromatic nitrogens is 4. The van der Waals surface area contributed by atoms with Gasteiger partial charge in [0.25, 0.3) is 0 Å². The van der Waals surface area contributed by atoms with Crippen LogP contribution in [0.4, 0.5) is 5.69 Å². The molecule has 0 saturated carbocycles. The number of nitrogens with zero attached hydrogens (tertiary/aromatic N) is 4. The number of rotatable bonds is 6. The van der Waals surface area contributed by atoms with E-state index in [1.165, 1.54) is 11.3 Å². The molecule has 108 valence electrons. The van der Waals surface area contributed by atoms with Crippen molar-refractivity contribution in [1.82, 2.24) is 19.6 Å². The Labute approximate surface area is 124 Å². The van der Waals surface area contributed by atoms with Crippen LogP contribution in [-0.4, -0.2) is 19.6 Å². The molecule has 0 unspecified atom stereocenters. The second-order valence-electron chi connectivity index (χ2n) is 4.89. The topological polar surface area (TPSA) is 47.7 Å². The Kier molecular flexibility index (Phi) is 4.00. The van der Waals surface area contributed by atoms with E-state index in [4.69, 9.17) is 0 Å². The Balaban J connectivity index is 1.59. The van der Waals surface area contributed by atoms with Gasteiger partial charge in [0.05, 0.1) is 18.8 Å². The van der Waals surface area contributed by atoms with Gasteiger partial charge in [-0.15, -0.1) is 0 Å². The number of hydrogen-bond acceptors (Lipinski definition) is 3. The predicted molar refractivity (Wildman–Crippen MR) is 83.0 cm³/mol. The lowest BCUT2D eigenvalue weighted by atomic mass is 10.2. The number of anilines is 1. The highest BCUT2D eigenvalue weighted by atomic mass is 15.3. The molecule has 0 aliphatic heterocycles. The summed E-state index contributed by atoms with van der Waals surface area (Å²) in [5.74, 6) is 0. The second kappa shape index (κ2) is 6.26. The van der Waals surface area contributed by atoms with Crippen LogP contribution in [0.5, 0.6) is 0 Å². The monoisotopic (exact) mass is 281 g/mol. The maximum atomic E-state index is 4.27. The number of aryl methyl sites for hydroxylation is 1. The summed E-state index contributed by atoms with van der Waals surface area (Å²) in [5.41, 5.74) is 3.55. The highest BCUT2D eigenvalue weighted by molar-refractivity contribution is 5.44. The summed E-state index contributed by atoms with van der Waals surface area (Å²) in [7, 11) is 0. The zero-order valence-corrected chi connectivity index (χ0v) is 12.1. The van der Waals surface area contributed by atoms with E-state index in [1.54, 1.807) is 6.20 Å². The molecule has 3 rings (SSSR count). The molecule has 0 amide bonds. The van der Waals surface area contributed by atoms with E-state index < -0.39 is 0 Å². The molecule has 0 spiro atoms. The van der Waals surface area contributed by atoms with Crippen LogP contribution in [0.3, 0.4) is 0 Å². The third-order valence-corrected chi connectivity index (χ3v) is 3.44. The summed E-state index contributed by atoms with van der Waals surface area (Å²) in [4.78, 5) is 0. The third-order valence-electron chi connectivity index (χ3n) is 3.44. The molecule has 1 aromatic carbocycles. The van der Waals surface area contributed by atoms with Crippen molar-refractivity contribution in [2.45, 2.75) is 26.6 Å². The summed E-state index contributed by atoms with van der Waals surface area (Å²) in [5, 5.41) is 11.9. The summed E-state index contributed by atoms with van der Waals surface area (Å²) >= 11 is 0. The van der Waals surface area contributed by atoms with Crippen molar-refractivity contribution in [1.29, 1.82) is 0 Å². The SMILES string of the molecule is CCn1nccc1CNc1ccc(Cn2cccn2)cc1. The second-order valence-corrected chi connectivity index (χ2v) is 4.89. The molecule has 21 heavy (non-hydrogen) atoms. The molecule has 0 fully saturated rings. The van der Waals surface area contributed by atoms with E-state index >= 15 is 0 Å². The first-order valence-corrected chi connectivity index (χ1v) is 7.16. The standard InChI is InChI=1S/C16H19N5/c1-2-21-16(8-10-19-21)12-17-15-6-4-14(5-7-15)13-20-11-3-9-18-20/h3-11,17H,2,12-13H2,1H3. The highest BCUT2D eigenvalue weighted by Crippen LogP contribution is 2.12. The van der Waals surface area contributed by atoms with Gasteiger partial charge in [-0.1, -0.05) is 12.1 Å². The van der Waals surface area contributed by atoms with Crippen LogP contribution in [0.15, 0.2) is 55.0 Å². The lowest BCUT2D eigenvalue weighted by Crippen LogP contribution is -2.07. The van der Waals surface area contributed by atoms with Gasteiger partial charge in [-0.25, -0.2) is 0 Å². The van der Waals surface area contributed by atoms with Gasteiger partial charge in [-0.3, -0.25) is 9.36 Å². The van der Waals surface area contributed by atoms with Crippen LogP contribution in [0.25, 0.3) is 0 Å². The van der Waals surface area contributed by atoms with E-state index in [0.717, 1.165) is 25.3 Å². The summed E-state index contributed by atoms with van der Waals surface area (Å²) in [6, 6.07) is 12.4. The van der Waals surface area contributed by atoms with Gasteiger partial charge in [0, 0.05) is 30.8 Å². The van der Waals surface area contributed by atoms with Gasteiger partial charge >= 0.3 is 0 Å². The summed E-state index contributed by atoms with van der Waals surface area (Å²) < 4.78 is 3.92. The molecule has 0 aliphatic rings. The third kappa shape index (κ3) is 3.31. The number of nitrogens with one attached hydrogen (secondary N) is 1. The van der Waals surface area contributed by atoms with E-state index in [1.807, 2.05) is 33.9 Å². The van der Waals surface area contributed by atoms with Crippen molar-refractivity contribution in [2.75, 3.05) is 5.32 Å². The molecule has 3 aromatic rings. The lowest BCUT2D eigenvalue weighted by Gasteiger charge is -2.09. The van der Waals surface area contributed by atoms with Crippen LogP contribution in [0.1, 0.15) is 18.2 Å². The Hall–Kier alpha value is -2.56. The minimum absolute atomic E-state index is 0.784. The quantitative estimate of drug-likeness (QED) is 0.756. The molecular weight excluding hydrogens is 262 g/mol. The molecule has 2 aromatic heterocycles.